The second-order valence-electron chi connectivity index (χ2n) is 10.8. The van der Waals surface area contributed by atoms with Gasteiger partial charge in [0, 0.05) is 50.0 Å². The van der Waals surface area contributed by atoms with E-state index in [1.807, 2.05) is 19.3 Å². The molecular weight excluding hydrogens is 592 g/mol. The number of amides is 2. The van der Waals surface area contributed by atoms with Crippen molar-refractivity contribution in [2.45, 2.75) is 117 Å². The molecule has 1 heterocycles. The minimum absolute atomic E-state index is 0.0200. The van der Waals surface area contributed by atoms with Crippen molar-refractivity contribution in [3.63, 3.8) is 0 Å². The lowest BCUT2D eigenvalue weighted by Gasteiger charge is -2.12. The molecule has 17 heteroatoms. The van der Waals surface area contributed by atoms with Crippen molar-refractivity contribution in [2.24, 2.45) is 45.4 Å². The number of hydrogen-bond acceptors (Lipinski definition) is 15. The number of esters is 1. The van der Waals surface area contributed by atoms with Crippen LogP contribution in [-0.2, 0) is 33.5 Å². The number of nitrogens with two attached hydrogens (primary N) is 6. The number of aliphatic hydroxyl groups is 1. The van der Waals surface area contributed by atoms with Gasteiger partial charge >= 0.3 is 12.0 Å². The van der Waals surface area contributed by atoms with Gasteiger partial charge in [0.25, 0.3) is 0 Å². The van der Waals surface area contributed by atoms with Crippen molar-refractivity contribution in [1.82, 2.24) is 5.43 Å². The molecule has 1 rings (SSSR count). The molecule has 1 aliphatic heterocycles. The summed E-state index contributed by atoms with van der Waals surface area (Å²) in [5.74, 6) is 0.347. The Morgan fingerprint density at radius 2 is 1.36 bits per heavy atom. The Morgan fingerprint density at radius 1 is 0.911 bits per heavy atom. The average molecular weight is 649 g/mol. The van der Waals surface area contributed by atoms with Crippen LogP contribution in [0.1, 0.15) is 80.6 Å². The number of nitrogens with zero attached hydrogens (tertiary/aromatic N) is 1. The third-order valence-electron chi connectivity index (χ3n) is 5.15. The first-order valence-electron chi connectivity index (χ1n) is 14.2. The fourth-order valence-corrected chi connectivity index (χ4v) is 2.66. The maximum Gasteiger partial charge on any atom is 0.332 e. The van der Waals surface area contributed by atoms with Crippen LogP contribution in [0.15, 0.2) is 5.10 Å². The molecular formula is C28H56N8O9. The molecule has 1 saturated heterocycles. The van der Waals surface area contributed by atoms with Crippen LogP contribution in [0.3, 0.4) is 0 Å². The number of hydrazone groups is 1. The summed E-state index contributed by atoms with van der Waals surface area (Å²) < 4.78 is 4.71. The molecule has 0 aromatic heterocycles. The number of rotatable bonds is 13. The number of urea groups is 1. The fraction of sp³-hybridized carbons (Fsp3) is 0.714. The van der Waals surface area contributed by atoms with E-state index >= 15 is 0 Å². The van der Waals surface area contributed by atoms with Gasteiger partial charge in [0.05, 0.1) is 25.1 Å². The van der Waals surface area contributed by atoms with E-state index in [-0.39, 0.29) is 79.2 Å². The summed E-state index contributed by atoms with van der Waals surface area (Å²) in [5.41, 5.74) is 33.4. The molecule has 0 aromatic rings. The molecule has 0 aliphatic carbocycles. The molecule has 45 heavy (non-hydrogen) atoms. The molecule has 0 bridgehead atoms. The molecule has 0 aromatic carbocycles. The standard InChI is InChI=1S/C7H15NO.C6H12N4O2.C5H9NO2.C5H11NO2.C5H9NO2/c1-5(2)7(8)4-6(3)9;1-4(11)2-5(7)3-9-10-6(8)12;1-3-4(6)2-5(7)8-3;2*1-4(8)2-5(6)3-7/h5,7H,4,8H2,1-3H3;3,5H,2,7H2,1H3,(H3,8,10,12);3-4H,2,6H2,1H3;5,7H,2-3,6H2,1H3;3,5H,2,6H2,1H3/b;9-3+;;;/t7-;5-;3?,4-;2*5-/m00000/s1. The molecule has 262 valence electrons. The molecule has 14 N–H and O–H groups in total. The van der Waals surface area contributed by atoms with Crippen LogP contribution in [0.2, 0.25) is 0 Å². The predicted octanol–water partition coefficient (Wildman–Crippen LogP) is -1.68. The Kier molecular flexibility index (Phi) is 31.5. The monoisotopic (exact) mass is 648 g/mol. The van der Waals surface area contributed by atoms with Gasteiger partial charge in [-0.2, -0.15) is 5.10 Å². The number of aliphatic hydroxyl groups excluding tert-OH is 1. The van der Waals surface area contributed by atoms with Crippen LogP contribution in [0.25, 0.3) is 0 Å². The van der Waals surface area contributed by atoms with E-state index in [0.29, 0.717) is 25.0 Å². The first-order valence-corrected chi connectivity index (χ1v) is 14.2. The van der Waals surface area contributed by atoms with Crippen molar-refractivity contribution in [2.75, 3.05) is 6.61 Å². The van der Waals surface area contributed by atoms with E-state index in [4.69, 9.17) is 44.2 Å². The Hall–Kier alpha value is -3.48. The summed E-state index contributed by atoms with van der Waals surface area (Å²) in [7, 11) is 0. The summed E-state index contributed by atoms with van der Waals surface area (Å²) >= 11 is 0. The highest BCUT2D eigenvalue weighted by Crippen LogP contribution is 2.10. The summed E-state index contributed by atoms with van der Waals surface area (Å²) in [5, 5.41) is 11.7. The summed E-state index contributed by atoms with van der Waals surface area (Å²) in [6.07, 6.45) is 3.26. The van der Waals surface area contributed by atoms with Crippen LogP contribution in [0, 0.1) is 5.92 Å². The van der Waals surface area contributed by atoms with Gasteiger partial charge in [-0.1, -0.05) is 13.8 Å². The SMILES string of the molecule is CC(=O)C[C@H](N)/C=N/NC(N)=O.CC(=O)C[C@H](N)C(C)C.CC(=O)C[C@H](N)C=O.CC(=O)C[C@H](N)CO.CC1OC(=O)C[C@@H]1N. The quantitative estimate of drug-likeness (QED) is 0.0479. The number of carbonyl (C=O) groups is 7. The Labute approximate surface area is 265 Å². The molecule has 0 radical (unpaired) electrons. The van der Waals surface area contributed by atoms with E-state index in [9.17, 15) is 33.6 Å². The number of ether oxygens (including phenoxy) is 1. The molecule has 0 spiro atoms. The Morgan fingerprint density at radius 3 is 1.56 bits per heavy atom. The van der Waals surface area contributed by atoms with Crippen molar-refractivity contribution in [3.05, 3.63) is 0 Å². The lowest BCUT2D eigenvalue weighted by molar-refractivity contribution is -0.140. The number of Topliss-reactive ketones (excluding diaryl/α,β-unsaturated/α-hetero) is 4. The first-order chi connectivity index (χ1) is 20.6. The van der Waals surface area contributed by atoms with Gasteiger partial charge in [-0.05, 0) is 40.5 Å². The highest BCUT2D eigenvalue weighted by Gasteiger charge is 2.27. The molecule has 17 nitrogen and oxygen atoms in total. The zero-order valence-electron chi connectivity index (χ0n) is 27.6. The minimum atomic E-state index is -0.763. The maximum atomic E-state index is 10.5. The third-order valence-corrected chi connectivity index (χ3v) is 5.15. The fourth-order valence-electron chi connectivity index (χ4n) is 2.66. The van der Waals surface area contributed by atoms with Crippen molar-refractivity contribution < 1.29 is 43.4 Å². The van der Waals surface area contributed by atoms with Crippen molar-refractivity contribution in [3.8, 4) is 0 Å². The zero-order chi connectivity index (χ0) is 36.3. The molecule has 6 atom stereocenters. The number of nitrogens with one attached hydrogen (secondary N) is 1. The lowest BCUT2D eigenvalue weighted by atomic mass is 10.0. The largest absolute Gasteiger partial charge is 0.461 e. The van der Waals surface area contributed by atoms with Crippen LogP contribution >= 0.6 is 0 Å². The Balaban J connectivity index is -0.000000236. The number of carbonyl (C=O) groups excluding carboxylic acids is 7. The van der Waals surface area contributed by atoms with Crippen LogP contribution in [0.4, 0.5) is 4.79 Å². The van der Waals surface area contributed by atoms with Crippen LogP contribution < -0.4 is 39.8 Å². The summed E-state index contributed by atoms with van der Waals surface area (Å²) in [6.45, 7) is 11.6. The van der Waals surface area contributed by atoms with Gasteiger partial charge in [-0.3, -0.25) is 24.0 Å². The average Bonchev–Trinajstić information content (AvgIpc) is 3.17. The number of ketones is 4. The predicted molar refractivity (Wildman–Crippen MR) is 170 cm³/mol. The van der Waals surface area contributed by atoms with Gasteiger partial charge < -0.3 is 49.0 Å². The molecule has 1 unspecified atom stereocenters. The van der Waals surface area contributed by atoms with Gasteiger partial charge in [-0.25, -0.2) is 10.2 Å². The normalized spacial score (nSPS) is 17.5. The third kappa shape index (κ3) is 40.5. The molecule has 0 saturated carbocycles. The summed E-state index contributed by atoms with van der Waals surface area (Å²) in [4.78, 5) is 71.6. The topological polar surface area (TPSA) is 329 Å². The Bertz CT molecular complexity index is 920. The van der Waals surface area contributed by atoms with Crippen LogP contribution in [-0.4, -0.2) is 95.7 Å². The highest BCUT2D eigenvalue weighted by molar-refractivity contribution is 5.81. The lowest BCUT2D eigenvalue weighted by Crippen LogP contribution is -2.29. The molecule has 1 fully saturated rings. The second kappa shape index (κ2) is 29.2. The second-order valence-corrected chi connectivity index (χ2v) is 10.8. The minimum Gasteiger partial charge on any atom is -0.461 e. The molecule has 1 aliphatic rings. The van der Waals surface area contributed by atoms with Gasteiger partial charge in [0.2, 0.25) is 0 Å². The zero-order valence-corrected chi connectivity index (χ0v) is 27.6. The highest BCUT2D eigenvalue weighted by atomic mass is 16.5. The number of primary amides is 1. The van der Waals surface area contributed by atoms with Crippen LogP contribution in [0.5, 0.6) is 0 Å². The van der Waals surface area contributed by atoms with E-state index < -0.39 is 18.1 Å². The van der Waals surface area contributed by atoms with E-state index in [1.54, 1.807) is 13.8 Å². The first kappa shape index (κ1) is 48.4. The van der Waals surface area contributed by atoms with Crippen molar-refractivity contribution >= 4 is 47.6 Å². The van der Waals surface area contributed by atoms with E-state index in [0.717, 1.165) is 0 Å². The van der Waals surface area contributed by atoms with Gasteiger partial charge in [0.15, 0.2) is 0 Å². The number of cyclic esters (lactones) is 1. The van der Waals surface area contributed by atoms with Gasteiger partial charge in [-0.15, -0.1) is 0 Å². The van der Waals surface area contributed by atoms with E-state index in [1.165, 1.54) is 27.0 Å². The smallest absolute Gasteiger partial charge is 0.332 e. The van der Waals surface area contributed by atoms with Gasteiger partial charge in [0.1, 0.15) is 35.5 Å². The number of hydrogen-bond donors (Lipinski definition) is 8. The van der Waals surface area contributed by atoms with E-state index in [2.05, 4.69) is 5.10 Å². The summed E-state index contributed by atoms with van der Waals surface area (Å²) in [6, 6.07) is -2.25. The van der Waals surface area contributed by atoms with Crippen molar-refractivity contribution in [1.29, 1.82) is 0 Å². The molecule has 2 amide bonds. The number of aldehydes is 1. The maximum absolute atomic E-state index is 10.5.